The van der Waals surface area contributed by atoms with Gasteiger partial charge in [0.25, 0.3) is 0 Å². The zero-order valence-corrected chi connectivity index (χ0v) is 14.7. The Bertz CT molecular complexity index is 685. The number of nitrogens with zero attached hydrogens (tertiary/aromatic N) is 1. The Kier molecular flexibility index (Phi) is 6.11. The molecule has 0 saturated heterocycles. The molecule has 2 aromatic rings. The molecule has 122 valence electrons. The third-order valence-corrected chi connectivity index (χ3v) is 5.53. The van der Waals surface area contributed by atoms with Crippen LogP contribution in [0.15, 0.2) is 54.6 Å². The SMILES string of the molecule is Cc1ccccc1C[S@@](=O)[C@@H](C)C(=O)N(C)Cc1ccccc1. The van der Waals surface area contributed by atoms with Crippen LogP contribution in [0.25, 0.3) is 0 Å². The summed E-state index contributed by atoms with van der Waals surface area (Å²) >= 11 is 0. The molecule has 0 aliphatic carbocycles. The molecule has 0 bridgehead atoms. The summed E-state index contributed by atoms with van der Waals surface area (Å²) in [6.07, 6.45) is 0. The second kappa shape index (κ2) is 8.06. The molecule has 0 aromatic heterocycles. The minimum atomic E-state index is -1.23. The number of rotatable bonds is 6. The molecule has 0 unspecified atom stereocenters. The maximum Gasteiger partial charge on any atom is 0.238 e. The van der Waals surface area contributed by atoms with E-state index in [-0.39, 0.29) is 5.91 Å². The lowest BCUT2D eigenvalue weighted by molar-refractivity contribution is -0.129. The molecule has 1 amide bonds. The maximum atomic E-state index is 12.5. The van der Waals surface area contributed by atoms with Gasteiger partial charge in [0.05, 0.1) is 0 Å². The summed E-state index contributed by atoms with van der Waals surface area (Å²) in [7, 11) is 0.535. The van der Waals surface area contributed by atoms with Crippen molar-refractivity contribution < 1.29 is 9.00 Å². The molecule has 23 heavy (non-hydrogen) atoms. The van der Waals surface area contributed by atoms with E-state index in [4.69, 9.17) is 0 Å². The third kappa shape index (κ3) is 4.76. The molecule has 2 rings (SSSR count). The van der Waals surface area contributed by atoms with Crippen LogP contribution in [-0.2, 0) is 27.9 Å². The minimum Gasteiger partial charge on any atom is -0.340 e. The van der Waals surface area contributed by atoms with Crippen LogP contribution in [-0.4, -0.2) is 27.3 Å². The zero-order valence-electron chi connectivity index (χ0n) is 13.9. The van der Waals surface area contributed by atoms with Crippen LogP contribution in [0.2, 0.25) is 0 Å². The van der Waals surface area contributed by atoms with E-state index in [0.717, 1.165) is 16.7 Å². The quantitative estimate of drug-likeness (QED) is 0.815. The molecular formula is C19H23NO2S. The van der Waals surface area contributed by atoms with Gasteiger partial charge in [0.2, 0.25) is 5.91 Å². The number of hydrogen-bond acceptors (Lipinski definition) is 2. The first-order chi connectivity index (χ1) is 11.0. The van der Waals surface area contributed by atoms with E-state index in [9.17, 15) is 9.00 Å². The van der Waals surface area contributed by atoms with Gasteiger partial charge in [-0.05, 0) is 30.5 Å². The molecule has 0 heterocycles. The van der Waals surface area contributed by atoms with Gasteiger partial charge in [0, 0.05) is 30.1 Å². The van der Waals surface area contributed by atoms with E-state index in [1.165, 1.54) is 0 Å². The van der Waals surface area contributed by atoms with Crippen molar-refractivity contribution in [1.29, 1.82) is 0 Å². The number of aryl methyl sites for hydroxylation is 1. The lowest BCUT2D eigenvalue weighted by atomic mass is 10.1. The van der Waals surface area contributed by atoms with Crippen molar-refractivity contribution in [3.8, 4) is 0 Å². The van der Waals surface area contributed by atoms with E-state index in [0.29, 0.717) is 12.3 Å². The van der Waals surface area contributed by atoms with Crippen LogP contribution in [0, 0.1) is 6.92 Å². The number of amides is 1. The summed E-state index contributed by atoms with van der Waals surface area (Å²) < 4.78 is 12.5. The normalized spacial score (nSPS) is 13.3. The maximum absolute atomic E-state index is 12.5. The van der Waals surface area contributed by atoms with E-state index in [1.807, 2.05) is 61.5 Å². The zero-order chi connectivity index (χ0) is 16.8. The van der Waals surface area contributed by atoms with Gasteiger partial charge < -0.3 is 4.90 Å². The van der Waals surface area contributed by atoms with Crippen LogP contribution < -0.4 is 0 Å². The van der Waals surface area contributed by atoms with Gasteiger partial charge in [-0.15, -0.1) is 0 Å². The summed E-state index contributed by atoms with van der Waals surface area (Å²) in [5.74, 6) is 0.333. The Morgan fingerprint density at radius 2 is 1.70 bits per heavy atom. The van der Waals surface area contributed by atoms with Gasteiger partial charge in [0.1, 0.15) is 5.25 Å². The van der Waals surface area contributed by atoms with E-state index in [1.54, 1.807) is 18.9 Å². The van der Waals surface area contributed by atoms with Crippen molar-refractivity contribution in [2.75, 3.05) is 7.05 Å². The summed E-state index contributed by atoms with van der Waals surface area (Å²) in [4.78, 5) is 14.1. The second-order valence-electron chi connectivity index (χ2n) is 5.77. The predicted molar refractivity (Wildman–Crippen MR) is 95.4 cm³/mol. The molecular weight excluding hydrogens is 306 g/mol. The molecule has 0 saturated carbocycles. The second-order valence-corrected chi connectivity index (χ2v) is 7.53. The smallest absolute Gasteiger partial charge is 0.238 e. The fourth-order valence-electron chi connectivity index (χ4n) is 2.41. The van der Waals surface area contributed by atoms with Crippen molar-refractivity contribution in [3.05, 3.63) is 71.3 Å². The van der Waals surface area contributed by atoms with Crippen molar-refractivity contribution in [2.45, 2.75) is 31.4 Å². The number of hydrogen-bond donors (Lipinski definition) is 0. The average molecular weight is 329 g/mol. The molecule has 0 aliphatic heterocycles. The molecule has 0 spiro atoms. The largest absolute Gasteiger partial charge is 0.340 e. The molecule has 0 aliphatic rings. The van der Waals surface area contributed by atoms with Crippen molar-refractivity contribution in [1.82, 2.24) is 4.90 Å². The number of carbonyl (C=O) groups is 1. The fraction of sp³-hybridized carbons (Fsp3) is 0.316. The minimum absolute atomic E-state index is 0.0826. The third-order valence-electron chi connectivity index (χ3n) is 3.94. The highest BCUT2D eigenvalue weighted by molar-refractivity contribution is 7.85. The van der Waals surface area contributed by atoms with Crippen LogP contribution in [0.1, 0.15) is 23.6 Å². The Labute approximate surface area is 140 Å². The van der Waals surface area contributed by atoms with Gasteiger partial charge in [-0.3, -0.25) is 9.00 Å². The van der Waals surface area contributed by atoms with Crippen molar-refractivity contribution in [3.63, 3.8) is 0 Å². The van der Waals surface area contributed by atoms with Crippen LogP contribution in [0.5, 0.6) is 0 Å². The molecule has 0 fully saturated rings. The summed E-state index contributed by atoms with van der Waals surface area (Å²) in [5, 5.41) is -0.511. The standard InChI is InChI=1S/C19H23NO2S/c1-15-9-7-8-12-18(15)14-23(22)16(2)19(21)20(3)13-17-10-5-4-6-11-17/h4-12,16H,13-14H2,1-3H3/t16-,23+/m0/s1. The number of carbonyl (C=O) groups excluding carboxylic acids is 1. The highest BCUT2D eigenvalue weighted by atomic mass is 32.2. The van der Waals surface area contributed by atoms with E-state index >= 15 is 0 Å². The molecule has 3 nitrogen and oxygen atoms in total. The first-order valence-electron chi connectivity index (χ1n) is 7.69. The van der Waals surface area contributed by atoms with Crippen LogP contribution in [0.4, 0.5) is 0 Å². The fourth-order valence-corrected chi connectivity index (χ4v) is 3.69. The monoisotopic (exact) mass is 329 g/mol. The highest BCUT2D eigenvalue weighted by Gasteiger charge is 2.23. The summed E-state index contributed by atoms with van der Waals surface area (Å²) in [6.45, 7) is 4.28. The van der Waals surface area contributed by atoms with Gasteiger partial charge in [-0.1, -0.05) is 54.6 Å². The van der Waals surface area contributed by atoms with E-state index < -0.39 is 16.0 Å². The van der Waals surface area contributed by atoms with E-state index in [2.05, 4.69) is 0 Å². The molecule has 0 N–H and O–H groups in total. The lowest BCUT2D eigenvalue weighted by Crippen LogP contribution is -2.37. The average Bonchev–Trinajstić information content (AvgIpc) is 2.56. The Hall–Kier alpha value is -1.94. The number of benzene rings is 2. The van der Waals surface area contributed by atoms with Gasteiger partial charge in [-0.25, -0.2) is 0 Å². The topological polar surface area (TPSA) is 37.4 Å². The summed E-state index contributed by atoms with van der Waals surface area (Å²) in [5.41, 5.74) is 3.22. The Balaban J connectivity index is 1.98. The Morgan fingerprint density at radius 3 is 2.35 bits per heavy atom. The molecule has 2 aromatic carbocycles. The van der Waals surface area contributed by atoms with Gasteiger partial charge >= 0.3 is 0 Å². The predicted octanol–water partition coefficient (Wildman–Crippen LogP) is 3.29. The van der Waals surface area contributed by atoms with Gasteiger partial charge in [0.15, 0.2) is 0 Å². The van der Waals surface area contributed by atoms with Gasteiger partial charge in [-0.2, -0.15) is 0 Å². The first-order valence-corrected chi connectivity index (χ1v) is 9.08. The molecule has 2 atom stereocenters. The molecule has 0 radical (unpaired) electrons. The lowest BCUT2D eigenvalue weighted by Gasteiger charge is -2.21. The van der Waals surface area contributed by atoms with Crippen molar-refractivity contribution >= 4 is 16.7 Å². The summed E-state index contributed by atoms with van der Waals surface area (Å²) in [6, 6.07) is 17.7. The Morgan fingerprint density at radius 1 is 1.09 bits per heavy atom. The van der Waals surface area contributed by atoms with Crippen LogP contribution >= 0.6 is 0 Å². The first kappa shape index (κ1) is 17.4. The highest BCUT2D eigenvalue weighted by Crippen LogP contribution is 2.14. The molecule has 4 heteroatoms. The van der Waals surface area contributed by atoms with Crippen molar-refractivity contribution in [2.24, 2.45) is 0 Å². The van der Waals surface area contributed by atoms with Crippen LogP contribution in [0.3, 0.4) is 0 Å².